The zero-order chi connectivity index (χ0) is 11.1. The summed E-state index contributed by atoms with van der Waals surface area (Å²) in [5.41, 5.74) is 0.816. The molecular formula is C12H12BrNO2. The summed E-state index contributed by atoms with van der Waals surface area (Å²) in [6.45, 7) is 0. The number of nitrogens with zero attached hydrogens (tertiary/aromatic N) is 1. The number of benzene rings is 1. The number of rotatable bonds is 2. The second kappa shape index (κ2) is 3.86. The molecule has 16 heavy (non-hydrogen) atoms. The van der Waals surface area contributed by atoms with Crippen molar-refractivity contribution in [3.8, 4) is 0 Å². The van der Waals surface area contributed by atoms with Gasteiger partial charge in [0.1, 0.15) is 0 Å². The van der Waals surface area contributed by atoms with E-state index in [0.717, 1.165) is 10.2 Å². The standard InChI is InChI=1S/C12H12BrNO2/c13-9-3-5-10(6-4-9)14-12(15)7-11(16-14)8-1-2-8/h3-6,8,11H,1-2,7H2. The highest BCUT2D eigenvalue weighted by molar-refractivity contribution is 9.10. The van der Waals surface area contributed by atoms with Crippen LogP contribution in [-0.4, -0.2) is 12.0 Å². The molecule has 1 unspecified atom stereocenters. The first-order valence-corrected chi connectivity index (χ1v) is 6.28. The number of amides is 1. The molecule has 1 heterocycles. The summed E-state index contributed by atoms with van der Waals surface area (Å²) in [6.07, 6.45) is 3.04. The fourth-order valence-electron chi connectivity index (χ4n) is 1.99. The molecule has 84 valence electrons. The molecule has 2 aliphatic rings. The Morgan fingerprint density at radius 2 is 1.94 bits per heavy atom. The molecule has 1 atom stereocenters. The van der Waals surface area contributed by atoms with Crippen molar-refractivity contribution in [3.05, 3.63) is 28.7 Å². The normalized spacial score (nSPS) is 25.2. The van der Waals surface area contributed by atoms with Gasteiger partial charge >= 0.3 is 0 Å². The van der Waals surface area contributed by atoms with E-state index < -0.39 is 0 Å². The van der Waals surface area contributed by atoms with Crippen LogP contribution in [0.15, 0.2) is 28.7 Å². The molecule has 2 fully saturated rings. The Kier molecular flexibility index (Phi) is 2.48. The molecule has 1 aliphatic heterocycles. The third-order valence-corrected chi connectivity index (χ3v) is 3.58. The van der Waals surface area contributed by atoms with E-state index >= 15 is 0 Å². The number of hydrogen-bond acceptors (Lipinski definition) is 2. The van der Waals surface area contributed by atoms with Crippen LogP contribution in [-0.2, 0) is 9.63 Å². The lowest BCUT2D eigenvalue weighted by Gasteiger charge is -2.16. The van der Waals surface area contributed by atoms with E-state index in [4.69, 9.17) is 4.84 Å². The first-order chi connectivity index (χ1) is 7.74. The van der Waals surface area contributed by atoms with E-state index in [1.165, 1.54) is 17.9 Å². The molecule has 1 aliphatic carbocycles. The lowest BCUT2D eigenvalue weighted by atomic mass is 10.2. The van der Waals surface area contributed by atoms with Gasteiger partial charge in [-0.25, -0.2) is 0 Å². The second-order valence-electron chi connectivity index (χ2n) is 4.35. The topological polar surface area (TPSA) is 29.5 Å². The Morgan fingerprint density at radius 3 is 2.56 bits per heavy atom. The van der Waals surface area contributed by atoms with E-state index in [2.05, 4.69) is 15.9 Å². The second-order valence-corrected chi connectivity index (χ2v) is 5.27. The van der Waals surface area contributed by atoms with Crippen molar-refractivity contribution in [1.29, 1.82) is 0 Å². The molecule has 3 rings (SSSR count). The number of anilines is 1. The Labute approximate surface area is 102 Å². The van der Waals surface area contributed by atoms with Crippen molar-refractivity contribution in [2.24, 2.45) is 5.92 Å². The molecule has 0 spiro atoms. The third-order valence-electron chi connectivity index (χ3n) is 3.05. The molecule has 1 aromatic carbocycles. The van der Waals surface area contributed by atoms with Gasteiger partial charge in [0, 0.05) is 4.47 Å². The lowest BCUT2D eigenvalue weighted by molar-refractivity contribution is -0.119. The molecule has 3 nitrogen and oxygen atoms in total. The minimum absolute atomic E-state index is 0.0687. The van der Waals surface area contributed by atoms with E-state index in [9.17, 15) is 4.79 Å². The van der Waals surface area contributed by atoms with Crippen LogP contribution in [0.2, 0.25) is 0 Å². The Morgan fingerprint density at radius 1 is 1.25 bits per heavy atom. The summed E-state index contributed by atoms with van der Waals surface area (Å²) in [5.74, 6) is 0.670. The highest BCUT2D eigenvalue weighted by atomic mass is 79.9. The highest BCUT2D eigenvalue weighted by Crippen LogP contribution is 2.40. The average Bonchev–Trinajstić information content (AvgIpc) is 3.04. The zero-order valence-corrected chi connectivity index (χ0v) is 10.3. The van der Waals surface area contributed by atoms with Crippen molar-refractivity contribution in [3.63, 3.8) is 0 Å². The SMILES string of the molecule is O=C1CC(C2CC2)ON1c1ccc(Br)cc1. The summed E-state index contributed by atoms with van der Waals surface area (Å²) in [6, 6.07) is 7.60. The molecule has 1 saturated heterocycles. The Balaban J connectivity index is 1.79. The summed E-state index contributed by atoms with van der Waals surface area (Å²) >= 11 is 3.37. The average molecular weight is 282 g/mol. The van der Waals surface area contributed by atoms with Gasteiger partial charge in [0.25, 0.3) is 5.91 Å². The maximum Gasteiger partial charge on any atom is 0.253 e. The number of halogens is 1. The van der Waals surface area contributed by atoms with E-state index in [1.807, 2.05) is 24.3 Å². The van der Waals surface area contributed by atoms with Crippen LogP contribution < -0.4 is 5.06 Å². The Bertz CT molecular complexity index is 414. The van der Waals surface area contributed by atoms with Crippen molar-refractivity contribution in [1.82, 2.24) is 0 Å². The number of hydroxylamine groups is 1. The van der Waals surface area contributed by atoms with Gasteiger partial charge in [-0.15, -0.1) is 0 Å². The van der Waals surface area contributed by atoms with E-state index in [0.29, 0.717) is 12.3 Å². The lowest BCUT2D eigenvalue weighted by Crippen LogP contribution is -2.23. The molecule has 1 aromatic rings. The highest BCUT2D eigenvalue weighted by Gasteiger charge is 2.41. The predicted octanol–water partition coefficient (Wildman–Crippen LogP) is 2.90. The quantitative estimate of drug-likeness (QED) is 0.834. The molecule has 0 radical (unpaired) electrons. The predicted molar refractivity (Wildman–Crippen MR) is 63.8 cm³/mol. The maximum atomic E-state index is 11.8. The van der Waals surface area contributed by atoms with E-state index in [-0.39, 0.29) is 12.0 Å². The molecule has 0 aromatic heterocycles. The van der Waals surface area contributed by atoms with Crippen molar-refractivity contribution in [2.75, 3.05) is 5.06 Å². The summed E-state index contributed by atoms with van der Waals surface area (Å²) in [4.78, 5) is 17.5. The van der Waals surface area contributed by atoms with Gasteiger partial charge in [0.15, 0.2) is 0 Å². The molecule has 0 bridgehead atoms. The summed E-state index contributed by atoms with van der Waals surface area (Å²) in [5, 5.41) is 1.44. The van der Waals surface area contributed by atoms with Crippen LogP contribution in [0.1, 0.15) is 19.3 Å². The molecule has 1 saturated carbocycles. The van der Waals surface area contributed by atoms with Gasteiger partial charge < -0.3 is 0 Å². The smallest absolute Gasteiger partial charge is 0.253 e. The zero-order valence-electron chi connectivity index (χ0n) is 8.73. The maximum absolute atomic E-state index is 11.8. The van der Waals surface area contributed by atoms with Crippen molar-refractivity contribution < 1.29 is 9.63 Å². The number of carbonyl (C=O) groups is 1. The van der Waals surface area contributed by atoms with Gasteiger partial charge in [0.2, 0.25) is 0 Å². The van der Waals surface area contributed by atoms with Gasteiger partial charge in [-0.3, -0.25) is 9.63 Å². The van der Waals surface area contributed by atoms with Crippen LogP contribution in [0.3, 0.4) is 0 Å². The van der Waals surface area contributed by atoms with Crippen LogP contribution in [0, 0.1) is 5.92 Å². The minimum Gasteiger partial charge on any atom is -0.272 e. The van der Waals surface area contributed by atoms with Crippen LogP contribution in [0.4, 0.5) is 5.69 Å². The first kappa shape index (κ1) is 10.3. The third kappa shape index (κ3) is 1.87. The van der Waals surface area contributed by atoms with Crippen molar-refractivity contribution >= 4 is 27.5 Å². The van der Waals surface area contributed by atoms with Crippen LogP contribution in [0.25, 0.3) is 0 Å². The number of hydrogen-bond donors (Lipinski definition) is 0. The largest absolute Gasteiger partial charge is 0.272 e. The van der Waals surface area contributed by atoms with Gasteiger partial charge in [0.05, 0.1) is 18.2 Å². The summed E-state index contributed by atoms with van der Waals surface area (Å²) in [7, 11) is 0. The molecule has 0 N–H and O–H groups in total. The van der Waals surface area contributed by atoms with Gasteiger partial charge in [-0.1, -0.05) is 15.9 Å². The molecule has 1 amide bonds. The fraction of sp³-hybridized carbons (Fsp3) is 0.417. The van der Waals surface area contributed by atoms with Gasteiger partial charge in [-0.05, 0) is 43.0 Å². The fourth-order valence-corrected chi connectivity index (χ4v) is 2.25. The summed E-state index contributed by atoms with van der Waals surface area (Å²) < 4.78 is 1.00. The van der Waals surface area contributed by atoms with Crippen molar-refractivity contribution in [2.45, 2.75) is 25.4 Å². The monoisotopic (exact) mass is 281 g/mol. The number of carbonyl (C=O) groups excluding carboxylic acids is 1. The minimum atomic E-state index is 0.0687. The Hall–Kier alpha value is -0.870. The van der Waals surface area contributed by atoms with Crippen LogP contribution >= 0.6 is 15.9 Å². The first-order valence-electron chi connectivity index (χ1n) is 5.49. The van der Waals surface area contributed by atoms with E-state index in [1.54, 1.807) is 0 Å². The molecule has 4 heteroatoms. The van der Waals surface area contributed by atoms with Crippen LogP contribution in [0.5, 0.6) is 0 Å². The molecular weight excluding hydrogens is 270 g/mol. The van der Waals surface area contributed by atoms with Gasteiger partial charge in [-0.2, -0.15) is 5.06 Å².